The number of hydrogen-bond donors (Lipinski definition) is 2. The summed E-state index contributed by atoms with van der Waals surface area (Å²) >= 11 is 0. The lowest BCUT2D eigenvalue weighted by molar-refractivity contribution is -0.143. The SMILES string of the molecule is Cc1ccc(NC(=O)N2CCCC(C(=O)O)C2)nc1. The van der Waals surface area contributed by atoms with Crippen molar-refractivity contribution in [3.63, 3.8) is 0 Å². The Morgan fingerprint density at radius 1 is 1.47 bits per heavy atom. The van der Waals surface area contributed by atoms with E-state index in [2.05, 4.69) is 10.3 Å². The van der Waals surface area contributed by atoms with Crippen molar-refractivity contribution in [1.82, 2.24) is 9.88 Å². The van der Waals surface area contributed by atoms with Crippen LogP contribution < -0.4 is 5.32 Å². The van der Waals surface area contributed by atoms with E-state index in [1.807, 2.05) is 13.0 Å². The first-order valence-corrected chi connectivity index (χ1v) is 6.27. The molecule has 1 unspecified atom stereocenters. The van der Waals surface area contributed by atoms with Gasteiger partial charge in [0.1, 0.15) is 5.82 Å². The van der Waals surface area contributed by atoms with E-state index in [0.717, 1.165) is 5.56 Å². The number of aryl methyl sites for hydroxylation is 1. The second-order valence-corrected chi connectivity index (χ2v) is 4.77. The zero-order chi connectivity index (χ0) is 13.8. The molecule has 2 rings (SSSR count). The third-order valence-corrected chi connectivity index (χ3v) is 3.20. The highest BCUT2D eigenvalue weighted by Gasteiger charge is 2.28. The first kappa shape index (κ1) is 13.3. The summed E-state index contributed by atoms with van der Waals surface area (Å²) in [5, 5.41) is 11.7. The van der Waals surface area contributed by atoms with Crippen LogP contribution in [0.25, 0.3) is 0 Å². The van der Waals surface area contributed by atoms with E-state index in [-0.39, 0.29) is 12.6 Å². The number of carboxylic acid groups (broad SMARTS) is 1. The molecule has 0 bridgehead atoms. The molecule has 2 N–H and O–H groups in total. The number of pyridine rings is 1. The Labute approximate surface area is 111 Å². The summed E-state index contributed by atoms with van der Waals surface area (Å²) in [6, 6.07) is 3.30. The van der Waals surface area contributed by atoms with Crippen LogP contribution in [-0.4, -0.2) is 40.1 Å². The number of amides is 2. The van der Waals surface area contributed by atoms with E-state index in [0.29, 0.717) is 25.2 Å². The third-order valence-electron chi connectivity index (χ3n) is 3.20. The van der Waals surface area contributed by atoms with Crippen LogP contribution in [-0.2, 0) is 4.79 Å². The van der Waals surface area contributed by atoms with Gasteiger partial charge in [-0.25, -0.2) is 9.78 Å². The quantitative estimate of drug-likeness (QED) is 0.851. The fraction of sp³-hybridized carbons (Fsp3) is 0.462. The molecule has 1 aliphatic heterocycles. The first-order valence-electron chi connectivity index (χ1n) is 6.27. The Balaban J connectivity index is 1.96. The molecule has 0 saturated carbocycles. The van der Waals surface area contributed by atoms with Crippen LogP contribution in [0.2, 0.25) is 0 Å². The number of anilines is 1. The van der Waals surface area contributed by atoms with Gasteiger partial charge < -0.3 is 10.0 Å². The van der Waals surface area contributed by atoms with Crippen LogP contribution in [0.4, 0.5) is 10.6 Å². The minimum atomic E-state index is -0.842. The molecule has 2 heterocycles. The van der Waals surface area contributed by atoms with E-state index in [1.165, 1.54) is 4.90 Å². The molecule has 19 heavy (non-hydrogen) atoms. The summed E-state index contributed by atoms with van der Waals surface area (Å²) in [6.45, 7) is 2.76. The molecule has 1 saturated heterocycles. The zero-order valence-electron chi connectivity index (χ0n) is 10.8. The molecule has 6 heteroatoms. The molecule has 0 aliphatic carbocycles. The van der Waals surface area contributed by atoms with Crippen LogP contribution in [0, 0.1) is 12.8 Å². The first-order chi connectivity index (χ1) is 9.06. The average molecular weight is 263 g/mol. The molecule has 2 amide bonds. The molecule has 1 aromatic rings. The highest BCUT2D eigenvalue weighted by molar-refractivity contribution is 5.88. The number of rotatable bonds is 2. The van der Waals surface area contributed by atoms with Crippen molar-refractivity contribution in [3.05, 3.63) is 23.9 Å². The van der Waals surface area contributed by atoms with Crippen molar-refractivity contribution in [1.29, 1.82) is 0 Å². The Kier molecular flexibility index (Phi) is 3.99. The van der Waals surface area contributed by atoms with Crippen LogP contribution in [0.15, 0.2) is 18.3 Å². The van der Waals surface area contributed by atoms with Gasteiger partial charge in [-0.1, -0.05) is 6.07 Å². The maximum atomic E-state index is 12.0. The molecule has 102 valence electrons. The number of carboxylic acids is 1. The summed E-state index contributed by atoms with van der Waals surface area (Å²) in [6.07, 6.45) is 3.01. The van der Waals surface area contributed by atoms with Gasteiger partial charge in [0, 0.05) is 19.3 Å². The maximum Gasteiger partial charge on any atom is 0.323 e. The second kappa shape index (κ2) is 5.69. The number of hydrogen-bond acceptors (Lipinski definition) is 3. The number of aromatic nitrogens is 1. The van der Waals surface area contributed by atoms with Crippen LogP contribution in [0.1, 0.15) is 18.4 Å². The lowest BCUT2D eigenvalue weighted by Crippen LogP contribution is -2.44. The highest BCUT2D eigenvalue weighted by atomic mass is 16.4. The Morgan fingerprint density at radius 3 is 2.89 bits per heavy atom. The Morgan fingerprint density at radius 2 is 2.26 bits per heavy atom. The van der Waals surface area contributed by atoms with E-state index in [1.54, 1.807) is 12.3 Å². The number of likely N-dealkylation sites (tertiary alicyclic amines) is 1. The molecule has 0 radical (unpaired) electrons. The van der Waals surface area contributed by atoms with Gasteiger partial charge >= 0.3 is 12.0 Å². The molecule has 0 aromatic carbocycles. The Bertz CT molecular complexity index is 473. The number of nitrogens with zero attached hydrogens (tertiary/aromatic N) is 2. The third kappa shape index (κ3) is 3.43. The molecule has 1 aromatic heterocycles. The summed E-state index contributed by atoms with van der Waals surface area (Å²) < 4.78 is 0. The minimum Gasteiger partial charge on any atom is -0.481 e. The fourth-order valence-corrected chi connectivity index (χ4v) is 2.09. The lowest BCUT2D eigenvalue weighted by Gasteiger charge is -2.30. The molecule has 1 fully saturated rings. The normalized spacial score (nSPS) is 19.0. The van der Waals surface area contributed by atoms with Crippen LogP contribution >= 0.6 is 0 Å². The molecule has 6 nitrogen and oxygen atoms in total. The summed E-state index contributed by atoms with van der Waals surface area (Å²) in [5.41, 5.74) is 1.02. The van der Waals surface area contributed by atoms with Crippen molar-refractivity contribution in [3.8, 4) is 0 Å². The standard InChI is InChI=1S/C13H17N3O3/c1-9-4-5-11(14-7-9)15-13(19)16-6-2-3-10(8-16)12(17)18/h4-5,7,10H,2-3,6,8H2,1H3,(H,17,18)(H,14,15,19). The van der Waals surface area contributed by atoms with Gasteiger partial charge in [0.2, 0.25) is 0 Å². The van der Waals surface area contributed by atoms with Crippen molar-refractivity contribution < 1.29 is 14.7 Å². The van der Waals surface area contributed by atoms with E-state index >= 15 is 0 Å². The number of carbonyl (C=O) groups is 2. The van der Waals surface area contributed by atoms with Crippen molar-refractivity contribution in [2.45, 2.75) is 19.8 Å². The summed E-state index contributed by atoms with van der Waals surface area (Å²) in [5.74, 6) is -0.829. The molecule has 1 atom stereocenters. The number of piperidine rings is 1. The van der Waals surface area contributed by atoms with Gasteiger partial charge in [-0.3, -0.25) is 10.1 Å². The number of nitrogens with one attached hydrogen (secondary N) is 1. The maximum absolute atomic E-state index is 12.0. The largest absolute Gasteiger partial charge is 0.481 e. The molecule has 1 aliphatic rings. The van der Waals surface area contributed by atoms with Crippen LogP contribution in [0.3, 0.4) is 0 Å². The van der Waals surface area contributed by atoms with E-state index in [4.69, 9.17) is 5.11 Å². The molecular weight excluding hydrogens is 246 g/mol. The van der Waals surface area contributed by atoms with E-state index in [9.17, 15) is 9.59 Å². The van der Waals surface area contributed by atoms with Gasteiger partial charge in [0.05, 0.1) is 5.92 Å². The summed E-state index contributed by atoms with van der Waals surface area (Å²) in [4.78, 5) is 28.6. The zero-order valence-corrected chi connectivity index (χ0v) is 10.8. The summed E-state index contributed by atoms with van der Waals surface area (Å²) in [7, 11) is 0. The molecule has 0 spiro atoms. The minimum absolute atomic E-state index is 0.257. The predicted molar refractivity (Wildman–Crippen MR) is 69.9 cm³/mol. The second-order valence-electron chi connectivity index (χ2n) is 4.77. The highest BCUT2D eigenvalue weighted by Crippen LogP contribution is 2.17. The monoisotopic (exact) mass is 263 g/mol. The van der Waals surface area contributed by atoms with Gasteiger partial charge in [-0.15, -0.1) is 0 Å². The number of urea groups is 1. The van der Waals surface area contributed by atoms with Crippen molar-refractivity contribution in [2.75, 3.05) is 18.4 Å². The van der Waals surface area contributed by atoms with Gasteiger partial charge in [-0.05, 0) is 31.4 Å². The topological polar surface area (TPSA) is 82.5 Å². The Hall–Kier alpha value is -2.11. The average Bonchev–Trinajstić information content (AvgIpc) is 2.41. The fourth-order valence-electron chi connectivity index (χ4n) is 2.09. The van der Waals surface area contributed by atoms with Gasteiger partial charge in [0.15, 0.2) is 0 Å². The van der Waals surface area contributed by atoms with Gasteiger partial charge in [-0.2, -0.15) is 0 Å². The van der Waals surface area contributed by atoms with Crippen LogP contribution in [0.5, 0.6) is 0 Å². The van der Waals surface area contributed by atoms with Crippen molar-refractivity contribution >= 4 is 17.8 Å². The van der Waals surface area contributed by atoms with Gasteiger partial charge in [0.25, 0.3) is 0 Å². The number of aliphatic carboxylic acids is 1. The van der Waals surface area contributed by atoms with Crippen molar-refractivity contribution in [2.24, 2.45) is 5.92 Å². The van der Waals surface area contributed by atoms with E-state index < -0.39 is 11.9 Å². The molecular formula is C13H17N3O3. The predicted octanol–water partition coefficient (Wildman–Crippen LogP) is 1.72. The smallest absolute Gasteiger partial charge is 0.323 e. The lowest BCUT2D eigenvalue weighted by atomic mass is 9.99. The number of carbonyl (C=O) groups excluding carboxylic acids is 1.